The normalized spacial score (nSPS) is 13.9. The van der Waals surface area contributed by atoms with Crippen LogP contribution in [0.2, 0.25) is 0 Å². The van der Waals surface area contributed by atoms with E-state index in [-0.39, 0.29) is 36.3 Å². The molecule has 0 radical (unpaired) electrons. The van der Waals surface area contributed by atoms with Crippen LogP contribution in [0.1, 0.15) is 62.5 Å². The van der Waals surface area contributed by atoms with Crippen molar-refractivity contribution in [2.45, 2.75) is 64.5 Å². The Balaban J connectivity index is 1.96. The van der Waals surface area contributed by atoms with Gasteiger partial charge in [0, 0.05) is 18.7 Å². The molecular formula is C19H27N3O5. The highest BCUT2D eigenvalue weighted by Gasteiger charge is 2.33. The molecule has 8 nitrogen and oxygen atoms in total. The molecule has 1 fully saturated rings. The molecule has 1 amide bonds. The summed E-state index contributed by atoms with van der Waals surface area (Å²) in [5.74, 6) is -1.75. The third-order valence-electron chi connectivity index (χ3n) is 4.12. The van der Waals surface area contributed by atoms with Gasteiger partial charge in [0.25, 0.3) is 0 Å². The minimum absolute atomic E-state index is 0.0540. The molecule has 0 aromatic carbocycles. The number of nitrogen functional groups attached to an aromatic ring is 1. The second-order valence-electron chi connectivity index (χ2n) is 7.73. The third-order valence-corrected chi connectivity index (χ3v) is 4.12. The fourth-order valence-corrected chi connectivity index (χ4v) is 2.75. The first-order chi connectivity index (χ1) is 12.6. The number of carboxylic acids is 1. The Morgan fingerprint density at radius 1 is 1.33 bits per heavy atom. The van der Waals surface area contributed by atoms with Crippen LogP contribution in [-0.2, 0) is 20.7 Å². The van der Waals surface area contributed by atoms with Gasteiger partial charge in [0.05, 0.1) is 5.69 Å². The highest BCUT2D eigenvalue weighted by Crippen LogP contribution is 2.27. The molecule has 0 spiro atoms. The molecule has 0 unspecified atom stereocenters. The number of carboxylic acid groups (broad SMARTS) is 1. The van der Waals surface area contributed by atoms with E-state index in [4.69, 9.17) is 15.6 Å². The number of esters is 1. The van der Waals surface area contributed by atoms with Crippen molar-refractivity contribution in [1.82, 2.24) is 9.88 Å². The predicted octanol–water partition coefficient (Wildman–Crippen LogP) is 2.02. The molecule has 2 rings (SSSR count). The van der Waals surface area contributed by atoms with E-state index < -0.39 is 17.5 Å². The van der Waals surface area contributed by atoms with Gasteiger partial charge in [-0.3, -0.25) is 9.59 Å². The molecule has 1 heterocycles. The van der Waals surface area contributed by atoms with Crippen LogP contribution in [0.15, 0.2) is 12.3 Å². The summed E-state index contributed by atoms with van der Waals surface area (Å²) >= 11 is 0. The van der Waals surface area contributed by atoms with E-state index in [1.807, 2.05) is 0 Å². The Labute approximate surface area is 158 Å². The molecule has 8 heteroatoms. The molecule has 1 saturated carbocycles. The van der Waals surface area contributed by atoms with Gasteiger partial charge in [-0.15, -0.1) is 0 Å². The number of nitrogens with two attached hydrogens (primary N) is 1. The summed E-state index contributed by atoms with van der Waals surface area (Å²) in [5.41, 5.74) is 6.46. The van der Waals surface area contributed by atoms with E-state index in [0.29, 0.717) is 12.8 Å². The Morgan fingerprint density at radius 2 is 2.00 bits per heavy atom. The molecule has 1 aliphatic carbocycles. The number of ether oxygens (including phenoxy) is 1. The summed E-state index contributed by atoms with van der Waals surface area (Å²) in [6.07, 6.45) is 4.43. The van der Waals surface area contributed by atoms with Crippen molar-refractivity contribution in [1.29, 1.82) is 0 Å². The molecule has 0 aliphatic heterocycles. The first kappa shape index (κ1) is 20.7. The summed E-state index contributed by atoms with van der Waals surface area (Å²) in [4.78, 5) is 40.9. The molecule has 0 atom stereocenters. The number of nitrogens with zero attached hydrogens (tertiary/aromatic N) is 2. The van der Waals surface area contributed by atoms with E-state index in [1.165, 1.54) is 11.1 Å². The second kappa shape index (κ2) is 8.37. The number of amides is 1. The van der Waals surface area contributed by atoms with Crippen molar-refractivity contribution in [3.05, 3.63) is 23.5 Å². The molecule has 1 aromatic heterocycles. The van der Waals surface area contributed by atoms with Gasteiger partial charge in [0.2, 0.25) is 5.91 Å². The van der Waals surface area contributed by atoms with Crippen LogP contribution in [0.5, 0.6) is 0 Å². The summed E-state index contributed by atoms with van der Waals surface area (Å²) in [7, 11) is 0. The lowest BCUT2D eigenvalue weighted by molar-refractivity contribution is -0.144. The van der Waals surface area contributed by atoms with Gasteiger partial charge in [-0.1, -0.05) is 0 Å². The summed E-state index contributed by atoms with van der Waals surface area (Å²) in [6.45, 7) is 5.03. The molecule has 1 aliphatic rings. The summed E-state index contributed by atoms with van der Waals surface area (Å²) in [6, 6.07) is 1.77. The minimum atomic E-state index is -1.00. The lowest BCUT2D eigenvalue weighted by Gasteiger charge is -2.21. The molecule has 3 N–H and O–H groups in total. The standard InChI is InChI=1S/C19H27N3O5/c1-19(2,3)27-18(26)17-16(20)12(9-10-21-17)5-4-6-14(23)22(11-15(24)25)13-7-8-13/h9-10,13H,4-8,11,20H2,1-3H3,(H,24,25). The van der Waals surface area contributed by atoms with Crippen LogP contribution >= 0.6 is 0 Å². The van der Waals surface area contributed by atoms with Crippen molar-refractivity contribution in [2.75, 3.05) is 12.3 Å². The van der Waals surface area contributed by atoms with Gasteiger partial charge in [0.15, 0.2) is 5.69 Å². The van der Waals surface area contributed by atoms with Crippen LogP contribution in [0.25, 0.3) is 0 Å². The maximum atomic E-state index is 12.3. The number of rotatable bonds is 8. The zero-order valence-electron chi connectivity index (χ0n) is 16.0. The fourth-order valence-electron chi connectivity index (χ4n) is 2.75. The highest BCUT2D eigenvalue weighted by atomic mass is 16.6. The van der Waals surface area contributed by atoms with Crippen molar-refractivity contribution in [3.63, 3.8) is 0 Å². The monoisotopic (exact) mass is 377 g/mol. The summed E-state index contributed by atoms with van der Waals surface area (Å²) in [5, 5.41) is 8.95. The second-order valence-corrected chi connectivity index (χ2v) is 7.73. The molecule has 0 saturated heterocycles. The SMILES string of the molecule is CC(C)(C)OC(=O)c1nccc(CCCC(=O)N(CC(=O)O)C2CC2)c1N. The fraction of sp³-hybridized carbons (Fsp3) is 0.579. The van der Waals surface area contributed by atoms with Crippen LogP contribution in [-0.4, -0.2) is 51.0 Å². The van der Waals surface area contributed by atoms with Crippen molar-refractivity contribution in [3.8, 4) is 0 Å². The maximum Gasteiger partial charge on any atom is 0.359 e. The number of pyridine rings is 1. The largest absolute Gasteiger partial charge is 0.480 e. The van der Waals surface area contributed by atoms with Gasteiger partial charge in [-0.2, -0.15) is 0 Å². The quantitative estimate of drug-likeness (QED) is 0.664. The highest BCUT2D eigenvalue weighted by molar-refractivity contribution is 5.93. The number of carbonyl (C=O) groups excluding carboxylic acids is 2. The van der Waals surface area contributed by atoms with E-state index in [2.05, 4.69) is 4.98 Å². The molecule has 148 valence electrons. The van der Waals surface area contributed by atoms with E-state index in [1.54, 1.807) is 26.8 Å². The molecular weight excluding hydrogens is 350 g/mol. The van der Waals surface area contributed by atoms with Gasteiger partial charge < -0.3 is 20.5 Å². The van der Waals surface area contributed by atoms with Gasteiger partial charge >= 0.3 is 11.9 Å². The average Bonchev–Trinajstić information content (AvgIpc) is 3.37. The average molecular weight is 377 g/mol. The predicted molar refractivity (Wildman–Crippen MR) is 99.1 cm³/mol. The number of aliphatic carboxylic acids is 1. The Kier molecular flexibility index (Phi) is 6.41. The number of hydrogen-bond donors (Lipinski definition) is 2. The maximum absolute atomic E-state index is 12.3. The Morgan fingerprint density at radius 3 is 2.56 bits per heavy atom. The number of carbonyl (C=O) groups is 3. The van der Waals surface area contributed by atoms with Crippen molar-refractivity contribution < 1.29 is 24.2 Å². The first-order valence-electron chi connectivity index (χ1n) is 9.06. The lowest BCUT2D eigenvalue weighted by atomic mass is 10.1. The molecule has 1 aromatic rings. The Hall–Kier alpha value is -2.64. The van der Waals surface area contributed by atoms with Crippen LogP contribution < -0.4 is 5.73 Å². The topological polar surface area (TPSA) is 123 Å². The van der Waals surface area contributed by atoms with Crippen LogP contribution in [0, 0.1) is 0 Å². The zero-order chi connectivity index (χ0) is 20.2. The lowest BCUT2D eigenvalue weighted by Crippen LogP contribution is -2.37. The molecule has 0 bridgehead atoms. The minimum Gasteiger partial charge on any atom is -0.480 e. The van der Waals surface area contributed by atoms with Crippen LogP contribution in [0.4, 0.5) is 5.69 Å². The van der Waals surface area contributed by atoms with E-state index in [0.717, 1.165) is 18.4 Å². The van der Waals surface area contributed by atoms with E-state index in [9.17, 15) is 14.4 Å². The summed E-state index contributed by atoms with van der Waals surface area (Å²) < 4.78 is 5.31. The third kappa shape index (κ3) is 6.23. The van der Waals surface area contributed by atoms with Gasteiger partial charge in [0.1, 0.15) is 12.1 Å². The zero-order valence-corrected chi connectivity index (χ0v) is 16.0. The number of anilines is 1. The van der Waals surface area contributed by atoms with Crippen molar-refractivity contribution in [2.24, 2.45) is 0 Å². The van der Waals surface area contributed by atoms with Crippen LogP contribution in [0.3, 0.4) is 0 Å². The van der Waals surface area contributed by atoms with Gasteiger partial charge in [-0.25, -0.2) is 9.78 Å². The molecule has 27 heavy (non-hydrogen) atoms. The number of hydrogen-bond acceptors (Lipinski definition) is 6. The van der Waals surface area contributed by atoms with E-state index >= 15 is 0 Å². The number of aromatic nitrogens is 1. The van der Waals surface area contributed by atoms with Crippen molar-refractivity contribution >= 4 is 23.5 Å². The Bertz CT molecular complexity index is 723. The first-order valence-corrected chi connectivity index (χ1v) is 9.06. The number of aryl methyl sites for hydroxylation is 1. The van der Waals surface area contributed by atoms with Gasteiger partial charge in [-0.05, 0) is 58.1 Å². The smallest absolute Gasteiger partial charge is 0.359 e.